The maximum absolute atomic E-state index is 12.6. The first-order valence-electron chi connectivity index (χ1n) is 8.10. The summed E-state index contributed by atoms with van der Waals surface area (Å²) in [7, 11) is 0. The van der Waals surface area contributed by atoms with Gasteiger partial charge in [-0.3, -0.25) is 9.59 Å². The number of amides is 1. The molecular weight excluding hydrogens is 375 g/mol. The van der Waals surface area contributed by atoms with Crippen LogP contribution < -0.4 is 5.32 Å². The van der Waals surface area contributed by atoms with E-state index < -0.39 is 29.7 Å². The summed E-state index contributed by atoms with van der Waals surface area (Å²) >= 11 is 5.79. The van der Waals surface area contributed by atoms with Crippen molar-refractivity contribution >= 4 is 29.3 Å². The second-order valence-corrected chi connectivity index (χ2v) is 6.55. The van der Waals surface area contributed by atoms with Gasteiger partial charge in [0.1, 0.15) is 5.82 Å². The molecule has 1 amide bonds. The fraction of sp³-hybridized carbons (Fsp3) is 0.562. The van der Waals surface area contributed by atoms with Gasteiger partial charge in [0, 0.05) is 31.7 Å². The molecule has 0 bridgehead atoms. The third-order valence-electron chi connectivity index (χ3n) is 4.43. The molecule has 2 heterocycles. The van der Waals surface area contributed by atoms with Crippen molar-refractivity contribution in [3.8, 4) is 0 Å². The van der Waals surface area contributed by atoms with Crippen molar-refractivity contribution in [3.05, 3.63) is 22.8 Å². The van der Waals surface area contributed by atoms with Gasteiger partial charge in [-0.1, -0.05) is 11.6 Å². The number of nitrogens with one attached hydrogen (secondary N) is 1. The highest BCUT2D eigenvalue weighted by Gasteiger charge is 2.35. The molecule has 0 aliphatic carbocycles. The monoisotopic (exact) mass is 393 g/mol. The third kappa shape index (κ3) is 4.78. The Kier molecular flexibility index (Phi) is 6.33. The van der Waals surface area contributed by atoms with E-state index in [1.807, 2.05) is 0 Å². The summed E-state index contributed by atoms with van der Waals surface area (Å²) < 4.78 is 37.7. The topological polar surface area (TPSA) is 82.5 Å². The molecule has 0 saturated carbocycles. The molecule has 1 aliphatic rings. The normalized spacial score (nSPS) is 20.7. The van der Waals surface area contributed by atoms with Gasteiger partial charge < -0.3 is 15.3 Å². The smallest absolute Gasteiger partial charge is 0.417 e. The highest BCUT2D eigenvalue weighted by Crippen LogP contribution is 2.32. The largest absolute Gasteiger partial charge is 0.481 e. The Labute approximate surface area is 153 Å². The van der Waals surface area contributed by atoms with E-state index in [0.717, 1.165) is 6.07 Å². The summed E-state index contributed by atoms with van der Waals surface area (Å²) in [5, 5.41) is 11.7. The molecule has 26 heavy (non-hydrogen) atoms. The molecule has 0 spiro atoms. The maximum Gasteiger partial charge on any atom is 0.417 e. The number of aliphatic carboxylic acids is 1. The predicted molar refractivity (Wildman–Crippen MR) is 88.9 cm³/mol. The molecule has 1 aliphatic heterocycles. The summed E-state index contributed by atoms with van der Waals surface area (Å²) in [6, 6.07) is 0.365. The van der Waals surface area contributed by atoms with Crippen LogP contribution in [0.3, 0.4) is 0 Å². The van der Waals surface area contributed by atoms with Gasteiger partial charge in [-0.25, -0.2) is 4.98 Å². The third-order valence-corrected chi connectivity index (χ3v) is 4.71. The zero-order valence-electron chi connectivity index (χ0n) is 14.0. The van der Waals surface area contributed by atoms with Gasteiger partial charge in [0.25, 0.3) is 0 Å². The second kappa shape index (κ2) is 8.11. The van der Waals surface area contributed by atoms with E-state index in [4.69, 9.17) is 11.6 Å². The quantitative estimate of drug-likeness (QED) is 0.802. The minimum atomic E-state index is -4.53. The predicted octanol–water partition coefficient (Wildman–Crippen LogP) is 3.27. The Morgan fingerprint density at radius 1 is 1.46 bits per heavy atom. The van der Waals surface area contributed by atoms with Crippen molar-refractivity contribution in [3.63, 3.8) is 0 Å². The molecular formula is C16H19ClF3N3O3. The SMILES string of the molecule is C[C@@H]1[C@H](C(=O)O)CCCN1C(=O)CCNc1ncc(C(F)(F)F)cc1Cl. The molecule has 2 atom stereocenters. The van der Waals surface area contributed by atoms with Crippen molar-refractivity contribution < 1.29 is 27.9 Å². The van der Waals surface area contributed by atoms with E-state index in [-0.39, 0.29) is 29.7 Å². The fourth-order valence-electron chi connectivity index (χ4n) is 2.98. The van der Waals surface area contributed by atoms with Gasteiger partial charge in [-0.05, 0) is 25.8 Å². The van der Waals surface area contributed by atoms with Crippen molar-refractivity contribution in [1.29, 1.82) is 0 Å². The number of hydrogen-bond acceptors (Lipinski definition) is 4. The minimum Gasteiger partial charge on any atom is -0.481 e. The lowest BCUT2D eigenvalue weighted by Crippen LogP contribution is -2.49. The number of carbonyl (C=O) groups excluding carboxylic acids is 1. The lowest BCUT2D eigenvalue weighted by atomic mass is 9.90. The number of carboxylic acids is 1. The number of anilines is 1. The van der Waals surface area contributed by atoms with Crippen LogP contribution in [0.1, 0.15) is 31.7 Å². The molecule has 10 heteroatoms. The average molecular weight is 394 g/mol. The lowest BCUT2D eigenvalue weighted by molar-refractivity contribution is -0.149. The van der Waals surface area contributed by atoms with Gasteiger partial charge in [-0.15, -0.1) is 0 Å². The molecule has 0 radical (unpaired) electrons. The van der Waals surface area contributed by atoms with E-state index in [1.54, 1.807) is 6.92 Å². The number of alkyl halides is 3. The highest BCUT2D eigenvalue weighted by atomic mass is 35.5. The first-order valence-corrected chi connectivity index (χ1v) is 8.48. The van der Waals surface area contributed by atoms with Crippen LogP contribution in [0.15, 0.2) is 12.3 Å². The number of aromatic nitrogens is 1. The van der Waals surface area contributed by atoms with E-state index in [2.05, 4.69) is 10.3 Å². The molecule has 1 saturated heterocycles. The first-order chi connectivity index (χ1) is 12.1. The fourth-order valence-corrected chi connectivity index (χ4v) is 3.21. The van der Waals surface area contributed by atoms with Crippen LogP contribution >= 0.6 is 11.6 Å². The number of halogens is 4. The van der Waals surface area contributed by atoms with Crippen LogP contribution in [0.5, 0.6) is 0 Å². The number of piperidine rings is 1. The Morgan fingerprint density at radius 3 is 2.73 bits per heavy atom. The zero-order chi connectivity index (χ0) is 19.5. The Hall–Kier alpha value is -2.03. The van der Waals surface area contributed by atoms with Crippen LogP contribution in [-0.4, -0.2) is 46.0 Å². The molecule has 6 nitrogen and oxygen atoms in total. The van der Waals surface area contributed by atoms with Crippen LogP contribution in [0.4, 0.5) is 19.0 Å². The second-order valence-electron chi connectivity index (χ2n) is 6.14. The molecule has 0 unspecified atom stereocenters. The molecule has 1 fully saturated rings. The number of pyridine rings is 1. The van der Waals surface area contributed by atoms with E-state index in [9.17, 15) is 27.9 Å². The molecule has 2 N–H and O–H groups in total. The molecule has 144 valence electrons. The van der Waals surface area contributed by atoms with Crippen LogP contribution in [0.2, 0.25) is 5.02 Å². The van der Waals surface area contributed by atoms with E-state index in [1.165, 1.54) is 4.90 Å². The maximum atomic E-state index is 12.6. The summed E-state index contributed by atoms with van der Waals surface area (Å²) in [5.41, 5.74) is -0.953. The van der Waals surface area contributed by atoms with Crippen molar-refractivity contribution in [2.24, 2.45) is 5.92 Å². The zero-order valence-corrected chi connectivity index (χ0v) is 14.8. The number of carbonyl (C=O) groups is 2. The van der Waals surface area contributed by atoms with Crippen LogP contribution in [-0.2, 0) is 15.8 Å². The summed E-state index contributed by atoms with van der Waals surface area (Å²) in [6.07, 6.45) is -2.66. The number of rotatable bonds is 5. The Morgan fingerprint density at radius 2 is 2.15 bits per heavy atom. The first kappa shape index (κ1) is 20.3. The van der Waals surface area contributed by atoms with Crippen LogP contribution in [0, 0.1) is 5.92 Å². The Balaban J connectivity index is 1.91. The van der Waals surface area contributed by atoms with Gasteiger partial charge in [0.2, 0.25) is 5.91 Å². The van der Waals surface area contributed by atoms with Gasteiger partial charge in [-0.2, -0.15) is 13.2 Å². The van der Waals surface area contributed by atoms with Gasteiger partial charge in [0.15, 0.2) is 0 Å². The van der Waals surface area contributed by atoms with Crippen molar-refractivity contribution in [1.82, 2.24) is 9.88 Å². The lowest BCUT2D eigenvalue weighted by Gasteiger charge is -2.37. The van der Waals surface area contributed by atoms with Crippen molar-refractivity contribution in [2.75, 3.05) is 18.4 Å². The minimum absolute atomic E-state index is 0.0513. The summed E-state index contributed by atoms with van der Waals surface area (Å²) in [6.45, 7) is 2.32. The molecule has 1 aromatic rings. The Bertz CT molecular complexity index is 684. The summed E-state index contributed by atoms with van der Waals surface area (Å²) in [4.78, 5) is 28.7. The van der Waals surface area contributed by atoms with Gasteiger partial charge >= 0.3 is 12.1 Å². The number of nitrogens with zero attached hydrogens (tertiary/aromatic N) is 2. The van der Waals surface area contributed by atoms with Crippen LogP contribution in [0.25, 0.3) is 0 Å². The molecule has 2 rings (SSSR count). The number of likely N-dealkylation sites (tertiary alicyclic amines) is 1. The summed E-state index contributed by atoms with van der Waals surface area (Å²) in [5.74, 6) is -1.68. The van der Waals surface area contributed by atoms with Gasteiger partial charge in [0.05, 0.1) is 16.5 Å². The van der Waals surface area contributed by atoms with E-state index >= 15 is 0 Å². The van der Waals surface area contributed by atoms with Crippen molar-refractivity contribution in [2.45, 2.75) is 38.4 Å². The average Bonchev–Trinajstić information content (AvgIpc) is 2.55. The molecule has 0 aromatic carbocycles. The molecule has 1 aromatic heterocycles. The standard InChI is InChI=1S/C16H19ClF3N3O3/c1-9-11(15(25)26)3-2-6-23(9)13(24)4-5-21-14-12(17)7-10(8-22-14)16(18,19)20/h7-9,11H,2-6H2,1H3,(H,21,22)(H,25,26)/t9-,11-/m1/s1. The highest BCUT2D eigenvalue weighted by molar-refractivity contribution is 6.32. The van der Waals surface area contributed by atoms with E-state index in [0.29, 0.717) is 25.6 Å². The number of carboxylic acid groups (broad SMARTS) is 1. The number of hydrogen-bond donors (Lipinski definition) is 2.